The standard InChI is InChI=1S/C10H21NO2/c1-8(2)7-13-4-3-11-9-5-10(12)6-9/h8-12H,3-7H2,1-2H3. The number of aliphatic hydroxyl groups excluding tert-OH is 1. The summed E-state index contributed by atoms with van der Waals surface area (Å²) >= 11 is 0. The molecule has 0 spiro atoms. The normalized spacial score (nSPS) is 27.7. The first-order valence-corrected chi connectivity index (χ1v) is 5.17. The Bertz CT molecular complexity index is 133. The highest BCUT2D eigenvalue weighted by Gasteiger charge is 2.25. The molecule has 0 radical (unpaired) electrons. The molecule has 0 aliphatic heterocycles. The van der Waals surface area contributed by atoms with Crippen LogP contribution in [-0.4, -0.2) is 37.0 Å². The largest absolute Gasteiger partial charge is 0.393 e. The molecular formula is C10H21NO2. The summed E-state index contributed by atoms with van der Waals surface area (Å²) < 4.78 is 5.42. The molecule has 2 N–H and O–H groups in total. The van der Waals surface area contributed by atoms with Gasteiger partial charge in [0.15, 0.2) is 0 Å². The van der Waals surface area contributed by atoms with Crippen LogP contribution < -0.4 is 5.32 Å². The third-order valence-electron chi connectivity index (χ3n) is 2.24. The van der Waals surface area contributed by atoms with Crippen molar-refractivity contribution < 1.29 is 9.84 Å². The first-order chi connectivity index (χ1) is 6.18. The van der Waals surface area contributed by atoms with E-state index >= 15 is 0 Å². The summed E-state index contributed by atoms with van der Waals surface area (Å²) in [6.07, 6.45) is 1.75. The lowest BCUT2D eigenvalue weighted by Gasteiger charge is -2.32. The smallest absolute Gasteiger partial charge is 0.0591 e. The van der Waals surface area contributed by atoms with E-state index in [-0.39, 0.29) is 6.10 Å². The van der Waals surface area contributed by atoms with Gasteiger partial charge in [0, 0.05) is 19.2 Å². The van der Waals surface area contributed by atoms with E-state index in [1.54, 1.807) is 0 Å². The van der Waals surface area contributed by atoms with Crippen LogP contribution in [0.15, 0.2) is 0 Å². The Hall–Kier alpha value is -0.120. The number of hydrogen-bond acceptors (Lipinski definition) is 3. The van der Waals surface area contributed by atoms with Crippen LogP contribution in [0.4, 0.5) is 0 Å². The number of aliphatic hydroxyl groups is 1. The van der Waals surface area contributed by atoms with E-state index in [0.29, 0.717) is 12.0 Å². The van der Waals surface area contributed by atoms with E-state index in [9.17, 15) is 0 Å². The van der Waals surface area contributed by atoms with Crippen molar-refractivity contribution in [2.75, 3.05) is 19.8 Å². The fourth-order valence-electron chi connectivity index (χ4n) is 1.41. The lowest BCUT2D eigenvalue weighted by molar-refractivity contribution is 0.0544. The van der Waals surface area contributed by atoms with E-state index in [1.165, 1.54) is 0 Å². The van der Waals surface area contributed by atoms with Crippen molar-refractivity contribution >= 4 is 0 Å². The third kappa shape index (κ3) is 4.60. The van der Waals surface area contributed by atoms with Crippen molar-refractivity contribution in [3.63, 3.8) is 0 Å². The molecule has 0 saturated heterocycles. The van der Waals surface area contributed by atoms with Crippen LogP contribution >= 0.6 is 0 Å². The average Bonchev–Trinajstić information content (AvgIpc) is 1.99. The second-order valence-corrected chi connectivity index (χ2v) is 4.25. The predicted molar refractivity (Wildman–Crippen MR) is 52.7 cm³/mol. The molecule has 0 unspecified atom stereocenters. The second kappa shape index (κ2) is 5.58. The summed E-state index contributed by atoms with van der Waals surface area (Å²) in [7, 11) is 0. The molecule has 13 heavy (non-hydrogen) atoms. The van der Waals surface area contributed by atoms with Crippen LogP contribution in [0.2, 0.25) is 0 Å². The molecule has 0 bridgehead atoms. The highest BCUT2D eigenvalue weighted by molar-refractivity contribution is 4.84. The maximum absolute atomic E-state index is 9.02. The summed E-state index contributed by atoms with van der Waals surface area (Å²) in [5, 5.41) is 12.4. The number of nitrogens with one attached hydrogen (secondary N) is 1. The van der Waals surface area contributed by atoms with Crippen molar-refractivity contribution in [1.82, 2.24) is 5.32 Å². The van der Waals surface area contributed by atoms with Gasteiger partial charge in [0.2, 0.25) is 0 Å². The van der Waals surface area contributed by atoms with E-state index in [1.807, 2.05) is 0 Å². The molecule has 78 valence electrons. The Morgan fingerprint density at radius 1 is 1.46 bits per heavy atom. The van der Waals surface area contributed by atoms with Crippen LogP contribution in [0.3, 0.4) is 0 Å². The first-order valence-electron chi connectivity index (χ1n) is 5.17. The third-order valence-corrected chi connectivity index (χ3v) is 2.24. The molecule has 1 aliphatic carbocycles. The molecule has 3 nitrogen and oxygen atoms in total. The average molecular weight is 187 g/mol. The maximum atomic E-state index is 9.02. The summed E-state index contributed by atoms with van der Waals surface area (Å²) in [4.78, 5) is 0. The van der Waals surface area contributed by atoms with Gasteiger partial charge in [-0.3, -0.25) is 0 Å². The summed E-state index contributed by atoms with van der Waals surface area (Å²) in [5.74, 6) is 0.616. The zero-order valence-electron chi connectivity index (χ0n) is 8.62. The maximum Gasteiger partial charge on any atom is 0.0591 e. The van der Waals surface area contributed by atoms with Gasteiger partial charge in [0.25, 0.3) is 0 Å². The number of rotatable bonds is 6. The van der Waals surface area contributed by atoms with E-state index < -0.39 is 0 Å². The highest BCUT2D eigenvalue weighted by Crippen LogP contribution is 2.18. The predicted octanol–water partition coefficient (Wildman–Crippen LogP) is 0.772. The quantitative estimate of drug-likeness (QED) is 0.604. The molecule has 0 aromatic heterocycles. The van der Waals surface area contributed by atoms with Gasteiger partial charge in [-0.1, -0.05) is 13.8 Å². The molecule has 0 aromatic carbocycles. The van der Waals surface area contributed by atoms with Gasteiger partial charge >= 0.3 is 0 Å². The molecule has 0 aromatic rings. The Morgan fingerprint density at radius 3 is 2.69 bits per heavy atom. The van der Waals surface area contributed by atoms with E-state index in [4.69, 9.17) is 9.84 Å². The van der Waals surface area contributed by atoms with Crippen LogP contribution in [-0.2, 0) is 4.74 Å². The molecule has 0 heterocycles. The molecule has 1 aliphatic rings. The Kier molecular flexibility index (Phi) is 4.70. The Labute approximate surface area is 80.5 Å². The first kappa shape index (κ1) is 11.0. The Morgan fingerprint density at radius 2 is 2.15 bits per heavy atom. The van der Waals surface area contributed by atoms with Crippen molar-refractivity contribution in [2.45, 2.75) is 38.8 Å². The van der Waals surface area contributed by atoms with Crippen molar-refractivity contribution in [3.05, 3.63) is 0 Å². The topological polar surface area (TPSA) is 41.5 Å². The second-order valence-electron chi connectivity index (χ2n) is 4.25. The lowest BCUT2D eigenvalue weighted by atomic mass is 9.90. The van der Waals surface area contributed by atoms with Crippen LogP contribution in [0, 0.1) is 5.92 Å². The summed E-state index contributed by atoms with van der Waals surface area (Å²) in [6.45, 7) is 6.83. The van der Waals surface area contributed by atoms with Gasteiger partial charge in [0.1, 0.15) is 0 Å². The van der Waals surface area contributed by atoms with Crippen molar-refractivity contribution in [1.29, 1.82) is 0 Å². The van der Waals surface area contributed by atoms with Crippen molar-refractivity contribution in [2.24, 2.45) is 5.92 Å². The van der Waals surface area contributed by atoms with E-state index in [2.05, 4.69) is 19.2 Å². The van der Waals surface area contributed by atoms with Gasteiger partial charge in [-0.15, -0.1) is 0 Å². The van der Waals surface area contributed by atoms with Crippen LogP contribution in [0.5, 0.6) is 0 Å². The molecule has 3 heteroatoms. The Balaban J connectivity index is 1.79. The fourth-order valence-corrected chi connectivity index (χ4v) is 1.41. The van der Waals surface area contributed by atoms with Gasteiger partial charge in [-0.25, -0.2) is 0 Å². The SMILES string of the molecule is CC(C)COCCNC1CC(O)C1. The van der Waals surface area contributed by atoms with Gasteiger partial charge < -0.3 is 15.2 Å². The zero-order chi connectivity index (χ0) is 9.68. The summed E-state index contributed by atoms with van der Waals surface area (Å²) in [6, 6.07) is 0.526. The molecule has 1 fully saturated rings. The van der Waals surface area contributed by atoms with E-state index in [0.717, 1.165) is 32.6 Å². The van der Waals surface area contributed by atoms with Crippen LogP contribution in [0.25, 0.3) is 0 Å². The van der Waals surface area contributed by atoms with Crippen LogP contribution in [0.1, 0.15) is 26.7 Å². The van der Waals surface area contributed by atoms with Gasteiger partial charge in [-0.05, 0) is 18.8 Å². The molecular weight excluding hydrogens is 166 g/mol. The molecule has 0 atom stereocenters. The highest BCUT2D eigenvalue weighted by atomic mass is 16.5. The summed E-state index contributed by atoms with van der Waals surface area (Å²) in [5.41, 5.74) is 0. The zero-order valence-corrected chi connectivity index (χ0v) is 8.62. The minimum Gasteiger partial charge on any atom is -0.393 e. The minimum absolute atomic E-state index is 0.0610. The van der Waals surface area contributed by atoms with Gasteiger partial charge in [-0.2, -0.15) is 0 Å². The molecule has 1 rings (SSSR count). The fraction of sp³-hybridized carbons (Fsp3) is 1.00. The molecule has 0 amide bonds. The number of hydrogen-bond donors (Lipinski definition) is 2. The number of ether oxygens (including phenoxy) is 1. The van der Waals surface area contributed by atoms with Gasteiger partial charge in [0.05, 0.1) is 12.7 Å². The van der Waals surface area contributed by atoms with Crippen molar-refractivity contribution in [3.8, 4) is 0 Å². The lowest BCUT2D eigenvalue weighted by Crippen LogP contribution is -2.45. The minimum atomic E-state index is -0.0610. The monoisotopic (exact) mass is 187 g/mol. The molecule has 1 saturated carbocycles.